The minimum Gasteiger partial charge on any atom is -0.328 e. The predicted octanol–water partition coefficient (Wildman–Crippen LogP) is 3.75. The Kier molecular flexibility index (Phi) is 4.44. The van der Waals surface area contributed by atoms with Crippen molar-refractivity contribution in [3.05, 3.63) is 78.9 Å². The van der Waals surface area contributed by atoms with Gasteiger partial charge in [0.15, 0.2) is 0 Å². The van der Waals surface area contributed by atoms with Crippen molar-refractivity contribution in [3.8, 4) is 11.1 Å². The summed E-state index contributed by atoms with van der Waals surface area (Å²) < 4.78 is 25.6. The van der Waals surface area contributed by atoms with Crippen molar-refractivity contribution in [1.29, 1.82) is 0 Å². The van der Waals surface area contributed by atoms with Crippen LogP contribution in [0.15, 0.2) is 88.7 Å². The van der Waals surface area contributed by atoms with Crippen molar-refractivity contribution < 1.29 is 13.2 Å². The Balaban J connectivity index is 2.14. The number of nitrogens with one attached hydrogen (secondary N) is 1. The molecule has 1 amide bonds. The summed E-state index contributed by atoms with van der Waals surface area (Å²) in [4.78, 5) is 11.2. The molecule has 0 saturated heterocycles. The van der Waals surface area contributed by atoms with Gasteiger partial charge in [0, 0.05) is 0 Å². The third-order valence-electron chi connectivity index (χ3n) is 3.64. The Hall–Kier alpha value is -2.92. The van der Waals surface area contributed by atoms with E-state index in [-0.39, 0.29) is 15.5 Å². The molecule has 0 radical (unpaired) electrons. The predicted molar refractivity (Wildman–Crippen MR) is 93.5 cm³/mol. The molecule has 0 unspecified atom stereocenters. The molecule has 5 heteroatoms. The molecular weight excluding hydrogens is 322 g/mol. The van der Waals surface area contributed by atoms with Gasteiger partial charge in [0.2, 0.25) is 16.2 Å². The minimum absolute atomic E-state index is 0.0699. The highest BCUT2D eigenvalue weighted by Gasteiger charge is 2.21. The van der Waals surface area contributed by atoms with Crippen LogP contribution in [0.5, 0.6) is 0 Å². The van der Waals surface area contributed by atoms with E-state index in [9.17, 15) is 13.2 Å². The number of sulfone groups is 1. The smallest absolute Gasteiger partial charge is 0.211 e. The van der Waals surface area contributed by atoms with Crippen LogP contribution in [-0.2, 0) is 14.6 Å². The summed E-state index contributed by atoms with van der Waals surface area (Å²) in [5.41, 5.74) is 2.03. The first kappa shape index (κ1) is 16.0. The fraction of sp³-hybridized carbons (Fsp3) is 0. The van der Waals surface area contributed by atoms with Crippen LogP contribution in [0.25, 0.3) is 11.1 Å². The van der Waals surface area contributed by atoms with Crippen molar-refractivity contribution in [1.82, 2.24) is 0 Å². The standard InChI is InChI=1S/C19H15NO3S/c21-14-20-18-13-16(15-7-3-1-4-8-15)11-12-19(18)24(22,23)17-9-5-2-6-10-17/h1-14H,(H,20,21). The Labute approximate surface area is 140 Å². The van der Waals surface area contributed by atoms with E-state index in [0.29, 0.717) is 6.41 Å². The topological polar surface area (TPSA) is 63.2 Å². The van der Waals surface area contributed by atoms with Crippen LogP contribution in [0.1, 0.15) is 0 Å². The molecule has 4 nitrogen and oxygen atoms in total. The summed E-state index contributed by atoms with van der Waals surface area (Å²) in [6.45, 7) is 0. The average molecular weight is 337 g/mol. The zero-order chi connectivity index (χ0) is 17.0. The molecule has 0 bridgehead atoms. The van der Waals surface area contributed by atoms with Crippen molar-refractivity contribution in [2.45, 2.75) is 9.79 Å². The summed E-state index contributed by atoms with van der Waals surface area (Å²) in [7, 11) is -3.71. The number of rotatable bonds is 5. The zero-order valence-electron chi connectivity index (χ0n) is 12.7. The van der Waals surface area contributed by atoms with Crippen LogP contribution >= 0.6 is 0 Å². The van der Waals surface area contributed by atoms with E-state index in [1.807, 2.05) is 30.3 Å². The zero-order valence-corrected chi connectivity index (χ0v) is 13.5. The molecule has 0 aliphatic rings. The van der Waals surface area contributed by atoms with Crippen LogP contribution in [0, 0.1) is 0 Å². The lowest BCUT2D eigenvalue weighted by Crippen LogP contribution is -2.07. The van der Waals surface area contributed by atoms with E-state index in [1.54, 1.807) is 30.3 Å². The summed E-state index contributed by atoms with van der Waals surface area (Å²) in [5.74, 6) is 0. The van der Waals surface area contributed by atoms with E-state index in [2.05, 4.69) is 5.32 Å². The van der Waals surface area contributed by atoms with Crippen LogP contribution < -0.4 is 5.32 Å². The van der Waals surface area contributed by atoms with E-state index >= 15 is 0 Å². The Morgan fingerprint density at radius 2 is 1.38 bits per heavy atom. The maximum absolute atomic E-state index is 12.8. The number of hydrogen-bond acceptors (Lipinski definition) is 3. The molecular formula is C19H15NO3S. The fourth-order valence-corrected chi connectivity index (χ4v) is 3.90. The van der Waals surface area contributed by atoms with Crippen LogP contribution in [-0.4, -0.2) is 14.8 Å². The summed E-state index contributed by atoms with van der Waals surface area (Å²) >= 11 is 0. The maximum atomic E-state index is 12.8. The van der Waals surface area contributed by atoms with Crippen molar-refractivity contribution in [2.24, 2.45) is 0 Å². The van der Waals surface area contributed by atoms with Gasteiger partial charge in [-0.05, 0) is 35.4 Å². The Bertz CT molecular complexity index is 952. The number of carbonyl (C=O) groups is 1. The van der Waals surface area contributed by atoms with Gasteiger partial charge in [0.1, 0.15) is 0 Å². The van der Waals surface area contributed by atoms with Gasteiger partial charge in [-0.3, -0.25) is 4.79 Å². The molecule has 3 aromatic rings. The second-order valence-corrected chi connectivity index (χ2v) is 7.07. The average Bonchev–Trinajstić information content (AvgIpc) is 2.63. The third kappa shape index (κ3) is 3.07. The molecule has 0 aliphatic carbocycles. The highest BCUT2D eigenvalue weighted by Crippen LogP contribution is 2.31. The van der Waals surface area contributed by atoms with Crippen molar-refractivity contribution in [3.63, 3.8) is 0 Å². The Morgan fingerprint density at radius 3 is 2.00 bits per heavy atom. The summed E-state index contributed by atoms with van der Waals surface area (Å²) in [5, 5.41) is 2.50. The molecule has 0 heterocycles. The van der Waals surface area contributed by atoms with E-state index in [0.717, 1.165) is 11.1 Å². The van der Waals surface area contributed by atoms with E-state index in [4.69, 9.17) is 0 Å². The molecule has 0 aliphatic heterocycles. The van der Waals surface area contributed by atoms with E-state index in [1.165, 1.54) is 18.2 Å². The van der Waals surface area contributed by atoms with Crippen LogP contribution in [0.4, 0.5) is 5.69 Å². The van der Waals surface area contributed by atoms with Gasteiger partial charge < -0.3 is 5.32 Å². The first-order valence-corrected chi connectivity index (χ1v) is 8.81. The van der Waals surface area contributed by atoms with Gasteiger partial charge in [-0.15, -0.1) is 0 Å². The largest absolute Gasteiger partial charge is 0.328 e. The normalized spacial score (nSPS) is 11.0. The lowest BCUT2D eigenvalue weighted by molar-refractivity contribution is -0.105. The number of amides is 1. The maximum Gasteiger partial charge on any atom is 0.211 e. The number of benzene rings is 3. The number of anilines is 1. The first-order valence-electron chi connectivity index (χ1n) is 7.33. The fourth-order valence-electron chi connectivity index (χ4n) is 2.48. The monoisotopic (exact) mass is 337 g/mol. The van der Waals surface area contributed by atoms with Gasteiger partial charge in [-0.2, -0.15) is 0 Å². The highest BCUT2D eigenvalue weighted by molar-refractivity contribution is 7.91. The molecule has 120 valence electrons. The SMILES string of the molecule is O=CNc1cc(-c2ccccc2)ccc1S(=O)(=O)c1ccccc1. The molecule has 0 saturated carbocycles. The molecule has 24 heavy (non-hydrogen) atoms. The van der Waals surface area contributed by atoms with E-state index < -0.39 is 9.84 Å². The molecule has 0 fully saturated rings. The Morgan fingerprint density at radius 1 is 0.750 bits per heavy atom. The second-order valence-electron chi connectivity index (χ2n) is 5.16. The second kappa shape index (κ2) is 6.68. The van der Waals surface area contributed by atoms with Gasteiger partial charge in [0.05, 0.1) is 15.5 Å². The first-order chi connectivity index (χ1) is 11.6. The summed E-state index contributed by atoms with van der Waals surface area (Å²) in [6, 6.07) is 22.6. The number of hydrogen-bond donors (Lipinski definition) is 1. The number of carbonyl (C=O) groups excluding carboxylic acids is 1. The third-order valence-corrected chi connectivity index (χ3v) is 5.47. The molecule has 3 rings (SSSR count). The highest BCUT2D eigenvalue weighted by atomic mass is 32.2. The molecule has 0 spiro atoms. The lowest BCUT2D eigenvalue weighted by Gasteiger charge is -2.12. The van der Waals surface area contributed by atoms with Crippen molar-refractivity contribution in [2.75, 3.05) is 5.32 Å². The minimum atomic E-state index is -3.71. The van der Waals surface area contributed by atoms with Crippen molar-refractivity contribution >= 4 is 21.9 Å². The van der Waals surface area contributed by atoms with Crippen LogP contribution in [0.3, 0.4) is 0 Å². The van der Waals surface area contributed by atoms with Gasteiger partial charge in [0.25, 0.3) is 0 Å². The molecule has 3 aromatic carbocycles. The van der Waals surface area contributed by atoms with Gasteiger partial charge in [-0.25, -0.2) is 8.42 Å². The molecule has 0 atom stereocenters. The quantitative estimate of drug-likeness (QED) is 0.721. The van der Waals surface area contributed by atoms with Gasteiger partial charge >= 0.3 is 0 Å². The van der Waals surface area contributed by atoms with Crippen LogP contribution in [0.2, 0.25) is 0 Å². The molecule has 0 aromatic heterocycles. The molecule has 1 N–H and O–H groups in total. The lowest BCUT2D eigenvalue weighted by atomic mass is 10.1. The van der Waals surface area contributed by atoms with Gasteiger partial charge in [-0.1, -0.05) is 54.6 Å². The summed E-state index contributed by atoms with van der Waals surface area (Å²) in [6.07, 6.45) is 0.480.